The fourth-order valence-corrected chi connectivity index (χ4v) is 3.29. The van der Waals surface area contributed by atoms with Crippen molar-refractivity contribution in [3.63, 3.8) is 0 Å². The molecule has 0 spiro atoms. The zero-order valence-electron chi connectivity index (χ0n) is 14.5. The summed E-state index contributed by atoms with van der Waals surface area (Å²) in [5, 5.41) is 14.4. The number of carbonyl (C=O) groups is 1. The second kappa shape index (κ2) is 6.84. The first-order valence-electron chi connectivity index (χ1n) is 8.27. The maximum atomic E-state index is 10.9. The SMILES string of the molecule is CCc1nn2c(C)c(CCC(=O)O)c(C)nc2c1-c1ccc(Cl)cc1. The number of hydrogen-bond acceptors (Lipinski definition) is 3. The Morgan fingerprint density at radius 3 is 2.52 bits per heavy atom. The molecule has 0 aliphatic heterocycles. The molecule has 5 nitrogen and oxygen atoms in total. The summed E-state index contributed by atoms with van der Waals surface area (Å²) in [5.41, 5.74) is 6.54. The summed E-state index contributed by atoms with van der Waals surface area (Å²) in [7, 11) is 0. The van der Waals surface area contributed by atoms with Crippen LogP contribution in [-0.2, 0) is 17.6 Å². The van der Waals surface area contributed by atoms with Crippen LogP contribution in [0.25, 0.3) is 16.8 Å². The van der Waals surface area contributed by atoms with Crippen molar-refractivity contribution >= 4 is 23.2 Å². The van der Waals surface area contributed by atoms with Crippen molar-refractivity contribution in [2.24, 2.45) is 0 Å². The average Bonchev–Trinajstić information content (AvgIpc) is 2.94. The van der Waals surface area contributed by atoms with Crippen LogP contribution in [0.15, 0.2) is 24.3 Å². The second-order valence-corrected chi connectivity index (χ2v) is 6.51. The predicted octanol–water partition coefficient (Wildman–Crippen LogP) is 4.25. The Balaban J connectivity index is 2.21. The smallest absolute Gasteiger partial charge is 0.303 e. The zero-order valence-corrected chi connectivity index (χ0v) is 15.3. The number of carboxylic acids is 1. The highest BCUT2D eigenvalue weighted by Crippen LogP contribution is 2.31. The Morgan fingerprint density at radius 2 is 1.92 bits per heavy atom. The van der Waals surface area contributed by atoms with Gasteiger partial charge in [-0.05, 0) is 49.9 Å². The van der Waals surface area contributed by atoms with Crippen molar-refractivity contribution < 1.29 is 9.90 Å². The van der Waals surface area contributed by atoms with Gasteiger partial charge in [0.05, 0.1) is 5.69 Å². The van der Waals surface area contributed by atoms with Crippen LogP contribution in [0, 0.1) is 13.8 Å². The van der Waals surface area contributed by atoms with E-state index < -0.39 is 5.97 Å². The molecule has 6 heteroatoms. The molecule has 1 aromatic carbocycles. The van der Waals surface area contributed by atoms with Crippen LogP contribution < -0.4 is 0 Å². The largest absolute Gasteiger partial charge is 0.481 e. The lowest BCUT2D eigenvalue weighted by Crippen LogP contribution is -2.08. The van der Waals surface area contributed by atoms with Crippen LogP contribution in [0.4, 0.5) is 0 Å². The molecule has 130 valence electrons. The third kappa shape index (κ3) is 3.24. The van der Waals surface area contributed by atoms with E-state index in [0.29, 0.717) is 11.4 Å². The van der Waals surface area contributed by atoms with Crippen molar-refractivity contribution in [1.82, 2.24) is 14.6 Å². The minimum atomic E-state index is -0.810. The highest BCUT2D eigenvalue weighted by Gasteiger charge is 2.19. The number of carboxylic acid groups (broad SMARTS) is 1. The minimum absolute atomic E-state index is 0.0841. The first kappa shape index (κ1) is 17.4. The van der Waals surface area contributed by atoms with Crippen molar-refractivity contribution in [1.29, 1.82) is 0 Å². The van der Waals surface area contributed by atoms with Crippen LogP contribution >= 0.6 is 11.6 Å². The summed E-state index contributed by atoms with van der Waals surface area (Å²) in [6, 6.07) is 7.67. The van der Waals surface area contributed by atoms with Gasteiger partial charge in [-0.3, -0.25) is 4.79 Å². The van der Waals surface area contributed by atoms with Crippen LogP contribution in [0.3, 0.4) is 0 Å². The molecule has 0 saturated heterocycles. The summed E-state index contributed by atoms with van der Waals surface area (Å²) in [6.45, 7) is 5.96. The van der Waals surface area contributed by atoms with Gasteiger partial charge in [-0.25, -0.2) is 9.50 Å². The van der Waals surface area contributed by atoms with Crippen molar-refractivity contribution in [2.75, 3.05) is 0 Å². The fourth-order valence-electron chi connectivity index (χ4n) is 3.16. The van der Waals surface area contributed by atoms with E-state index in [2.05, 4.69) is 6.92 Å². The lowest BCUT2D eigenvalue weighted by molar-refractivity contribution is -0.136. The first-order valence-corrected chi connectivity index (χ1v) is 8.65. The molecule has 0 amide bonds. The first-order chi connectivity index (χ1) is 11.9. The van der Waals surface area contributed by atoms with Crippen LogP contribution in [0.2, 0.25) is 5.02 Å². The molecule has 0 fully saturated rings. The lowest BCUT2D eigenvalue weighted by Gasteiger charge is -2.10. The van der Waals surface area contributed by atoms with Gasteiger partial charge in [0, 0.05) is 28.4 Å². The van der Waals surface area contributed by atoms with E-state index in [-0.39, 0.29) is 6.42 Å². The van der Waals surface area contributed by atoms with Crippen LogP contribution in [-0.4, -0.2) is 25.7 Å². The number of aryl methyl sites for hydroxylation is 3. The molecular weight excluding hydrogens is 338 g/mol. The van der Waals surface area contributed by atoms with Gasteiger partial charge in [0.15, 0.2) is 5.65 Å². The van der Waals surface area contributed by atoms with Gasteiger partial charge in [0.25, 0.3) is 0 Å². The molecule has 2 aromatic heterocycles. The quantitative estimate of drug-likeness (QED) is 0.741. The maximum absolute atomic E-state index is 10.9. The van der Waals surface area contributed by atoms with E-state index in [1.807, 2.05) is 42.6 Å². The number of nitrogens with zero attached hydrogens (tertiary/aromatic N) is 3. The third-order valence-corrected chi connectivity index (χ3v) is 4.71. The standard InChI is InChI=1S/C19H20ClN3O2/c1-4-16-18(13-5-7-14(20)8-6-13)19-21-11(2)15(9-10-17(24)25)12(3)23(19)22-16/h5-8H,4,9-10H2,1-3H3,(H,24,25). The van der Waals surface area contributed by atoms with Gasteiger partial charge >= 0.3 is 5.97 Å². The number of fused-ring (bicyclic) bond motifs is 1. The Kier molecular flexibility index (Phi) is 4.77. The van der Waals surface area contributed by atoms with E-state index in [0.717, 1.165) is 45.8 Å². The Labute approximate surface area is 151 Å². The third-order valence-electron chi connectivity index (χ3n) is 4.45. The molecule has 0 radical (unpaired) electrons. The monoisotopic (exact) mass is 357 g/mol. The van der Waals surface area contributed by atoms with Gasteiger partial charge in [0.1, 0.15) is 0 Å². The van der Waals surface area contributed by atoms with Gasteiger partial charge < -0.3 is 5.11 Å². The highest BCUT2D eigenvalue weighted by atomic mass is 35.5. The molecule has 2 heterocycles. The lowest BCUT2D eigenvalue weighted by atomic mass is 10.0. The average molecular weight is 358 g/mol. The Morgan fingerprint density at radius 1 is 1.24 bits per heavy atom. The highest BCUT2D eigenvalue weighted by molar-refractivity contribution is 6.30. The van der Waals surface area contributed by atoms with E-state index in [4.69, 9.17) is 26.8 Å². The van der Waals surface area contributed by atoms with E-state index in [9.17, 15) is 4.79 Å². The zero-order chi connectivity index (χ0) is 18.1. The topological polar surface area (TPSA) is 67.5 Å². The molecule has 0 atom stereocenters. The number of benzene rings is 1. The molecule has 3 aromatic rings. The molecule has 3 rings (SSSR count). The molecule has 1 N–H and O–H groups in total. The minimum Gasteiger partial charge on any atom is -0.481 e. The van der Waals surface area contributed by atoms with Crippen molar-refractivity contribution in [3.8, 4) is 11.1 Å². The number of halogens is 1. The number of aliphatic carboxylic acids is 1. The van der Waals surface area contributed by atoms with Gasteiger partial charge in [-0.2, -0.15) is 5.10 Å². The Bertz CT molecular complexity index is 946. The molecular formula is C19H20ClN3O2. The molecule has 0 unspecified atom stereocenters. The van der Waals surface area contributed by atoms with Crippen molar-refractivity contribution in [2.45, 2.75) is 40.0 Å². The summed E-state index contributed by atoms with van der Waals surface area (Å²) in [4.78, 5) is 15.7. The number of aromatic nitrogens is 3. The van der Waals surface area contributed by atoms with E-state index >= 15 is 0 Å². The molecule has 0 saturated carbocycles. The van der Waals surface area contributed by atoms with Crippen LogP contribution in [0.5, 0.6) is 0 Å². The van der Waals surface area contributed by atoms with Gasteiger partial charge in [-0.15, -0.1) is 0 Å². The maximum Gasteiger partial charge on any atom is 0.303 e. The summed E-state index contributed by atoms with van der Waals surface area (Å²) in [5.74, 6) is -0.810. The number of hydrogen-bond donors (Lipinski definition) is 1. The van der Waals surface area contributed by atoms with E-state index in [1.54, 1.807) is 0 Å². The van der Waals surface area contributed by atoms with Crippen molar-refractivity contribution in [3.05, 3.63) is 51.9 Å². The molecule has 0 bridgehead atoms. The molecule has 0 aliphatic rings. The summed E-state index contributed by atoms with van der Waals surface area (Å²) >= 11 is 6.01. The number of rotatable bonds is 5. The second-order valence-electron chi connectivity index (χ2n) is 6.07. The summed E-state index contributed by atoms with van der Waals surface area (Å²) < 4.78 is 1.84. The normalized spacial score (nSPS) is 11.2. The fraction of sp³-hybridized carbons (Fsp3) is 0.316. The molecule has 25 heavy (non-hydrogen) atoms. The summed E-state index contributed by atoms with van der Waals surface area (Å²) in [6.07, 6.45) is 1.32. The van der Waals surface area contributed by atoms with Crippen LogP contribution in [0.1, 0.15) is 36.0 Å². The van der Waals surface area contributed by atoms with Gasteiger partial charge in [-0.1, -0.05) is 30.7 Å². The van der Waals surface area contributed by atoms with Gasteiger partial charge in [0.2, 0.25) is 0 Å². The predicted molar refractivity (Wildman–Crippen MR) is 98.2 cm³/mol. The van der Waals surface area contributed by atoms with E-state index in [1.165, 1.54) is 0 Å². The molecule has 0 aliphatic carbocycles. The Hall–Kier alpha value is -2.40.